The summed E-state index contributed by atoms with van der Waals surface area (Å²) in [4.78, 5) is 3.85. The average Bonchev–Trinajstić information content (AvgIpc) is 2.25. The van der Waals surface area contributed by atoms with Crippen molar-refractivity contribution in [3.05, 3.63) is 23.4 Å². The van der Waals surface area contributed by atoms with Crippen molar-refractivity contribution >= 4 is 5.82 Å². The minimum atomic E-state index is -2.82. The summed E-state index contributed by atoms with van der Waals surface area (Å²) < 4.78 is 24.0. The van der Waals surface area contributed by atoms with Crippen LogP contribution in [-0.4, -0.2) is 29.2 Å². The third-order valence-electron chi connectivity index (χ3n) is 2.04. The summed E-state index contributed by atoms with van der Waals surface area (Å²) in [5.74, 6) is 0.210. The van der Waals surface area contributed by atoms with Crippen LogP contribution >= 0.6 is 0 Å². The quantitative estimate of drug-likeness (QED) is 0.813. The lowest BCUT2D eigenvalue weighted by Gasteiger charge is -2.12. The van der Waals surface area contributed by atoms with Crippen molar-refractivity contribution in [3.63, 3.8) is 0 Å². The van der Waals surface area contributed by atoms with E-state index >= 15 is 0 Å². The number of alkyl halides is 2. The largest absolute Gasteiger partial charge is 0.385 e. The van der Waals surface area contributed by atoms with Crippen molar-refractivity contribution in [3.8, 4) is 6.07 Å². The topological polar surface area (TPSA) is 68.9 Å². The van der Waals surface area contributed by atoms with Gasteiger partial charge in [0, 0.05) is 12.7 Å². The zero-order chi connectivity index (χ0) is 12.1. The molecule has 0 aromatic carbocycles. The maximum absolute atomic E-state index is 12.0. The van der Waals surface area contributed by atoms with Gasteiger partial charge >= 0.3 is 0 Å². The molecule has 0 spiro atoms. The van der Waals surface area contributed by atoms with Crippen LogP contribution in [0.25, 0.3) is 0 Å². The van der Waals surface area contributed by atoms with Gasteiger partial charge in [-0.2, -0.15) is 5.26 Å². The molecule has 0 saturated carbocycles. The molecule has 0 aliphatic rings. The third kappa shape index (κ3) is 2.87. The predicted molar refractivity (Wildman–Crippen MR) is 54.2 cm³/mol. The number of hydrogen-bond acceptors (Lipinski definition) is 4. The molecule has 16 heavy (non-hydrogen) atoms. The lowest BCUT2D eigenvalue weighted by molar-refractivity contribution is 0.00380. The molecule has 1 aromatic heterocycles. The molecule has 0 aliphatic carbocycles. The maximum atomic E-state index is 12.0. The number of aliphatic hydroxyl groups is 1. The van der Waals surface area contributed by atoms with Crippen LogP contribution in [0.1, 0.15) is 11.1 Å². The Morgan fingerprint density at radius 3 is 2.88 bits per heavy atom. The Labute approximate surface area is 91.5 Å². The fraction of sp³-hybridized carbons (Fsp3) is 0.400. The summed E-state index contributed by atoms with van der Waals surface area (Å²) in [7, 11) is 0. The Morgan fingerprint density at radius 2 is 2.31 bits per heavy atom. The van der Waals surface area contributed by atoms with Crippen LogP contribution in [-0.2, 0) is 0 Å². The van der Waals surface area contributed by atoms with Gasteiger partial charge in [-0.25, -0.2) is 13.8 Å². The minimum Gasteiger partial charge on any atom is -0.385 e. The SMILES string of the molecule is Cc1ccnc(NCC(O)C(F)F)c1C#N. The second-order valence-corrected chi connectivity index (χ2v) is 3.25. The van der Waals surface area contributed by atoms with E-state index in [-0.39, 0.29) is 12.4 Å². The highest BCUT2D eigenvalue weighted by atomic mass is 19.3. The number of hydrogen-bond donors (Lipinski definition) is 2. The smallest absolute Gasteiger partial charge is 0.265 e. The molecule has 0 bridgehead atoms. The first-order chi connectivity index (χ1) is 7.56. The van der Waals surface area contributed by atoms with Crippen LogP contribution in [0.15, 0.2) is 12.3 Å². The number of nitrogens with one attached hydrogen (secondary N) is 1. The Bertz CT molecular complexity index is 404. The van der Waals surface area contributed by atoms with Crippen molar-refractivity contribution in [2.24, 2.45) is 0 Å². The molecular formula is C10H11F2N3O. The molecule has 1 heterocycles. The Balaban J connectivity index is 2.75. The summed E-state index contributed by atoms with van der Waals surface area (Å²) in [6, 6.07) is 3.57. The lowest BCUT2D eigenvalue weighted by Crippen LogP contribution is -2.27. The molecule has 0 amide bonds. The van der Waals surface area contributed by atoms with Crippen LogP contribution in [0.4, 0.5) is 14.6 Å². The number of aliphatic hydroxyl groups excluding tert-OH is 1. The van der Waals surface area contributed by atoms with Crippen molar-refractivity contribution < 1.29 is 13.9 Å². The van der Waals surface area contributed by atoms with Gasteiger partial charge in [-0.1, -0.05) is 0 Å². The molecular weight excluding hydrogens is 216 g/mol. The van der Waals surface area contributed by atoms with Gasteiger partial charge in [0.15, 0.2) is 0 Å². The molecule has 0 fully saturated rings. The first-order valence-electron chi connectivity index (χ1n) is 4.62. The van der Waals surface area contributed by atoms with E-state index in [9.17, 15) is 8.78 Å². The number of nitrogens with zero attached hydrogens (tertiary/aromatic N) is 2. The first-order valence-corrected chi connectivity index (χ1v) is 4.62. The van der Waals surface area contributed by atoms with Gasteiger partial charge in [0.2, 0.25) is 0 Å². The third-order valence-corrected chi connectivity index (χ3v) is 2.04. The molecule has 2 N–H and O–H groups in total. The molecule has 1 aromatic rings. The Morgan fingerprint density at radius 1 is 1.62 bits per heavy atom. The molecule has 1 atom stereocenters. The van der Waals surface area contributed by atoms with E-state index in [0.717, 1.165) is 0 Å². The fourth-order valence-electron chi connectivity index (χ4n) is 1.12. The van der Waals surface area contributed by atoms with Gasteiger partial charge in [-0.15, -0.1) is 0 Å². The van der Waals surface area contributed by atoms with E-state index in [1.165, 1.54) is 6.20 Å². The van der Waals surface area contributed by atoms with Crippen molar-refractivity contribution in [1.29, 1.82) is 5.26 Å². The van der Waals surface area contributed by atoms with Crippen LogP contribution in [0.3, 0.4) is 0 Å². The molecule has 0 saturated heterocycles. The number of aromatic nitrogens is 1. The second kappa shape index (κ2) is 5.37. The van der Waals surface area contributed by atoms with Gasteiger partial charge in [0.1, 0.15) is 18.0 Å². The van der Waals surface area contributed by atoms with Gasteiger partial charge in [0.25, 0.3) is 6.43 Å². The van der Waals surface area contributed by atoms with Crippen LogP contribution in [0.2, 0.25) is 0 Å². The Hall–Kier alpha value is -1.74. The first kappa shape index (κ1) is 12.3. The number of pyridine rings is 1. The highest BCUT2D eigenvalue weighted by Crippen LogP contribution is 2.15. The standard InChI is InChI=1S/C10H11F2N3O/c1-6-2-3-14-10(7(6)4-13)15-5-8(16)9(11)12/h2-3,8-9,16H,5H2,1H3,(H,14,15). The van der Waals surface area contributed by atoms with Gasteiger partial charge < -0.3 is 10.4 Å². The molecule has 1 unspecified atom stereocenters. The zero-order valence-corrected chi connectivity index (χ0v) is 8.61. The molecule has 86 valence electrons. The van der Waals surface area contributed by atoms with Gasteiger partial charge in [-0.3, -0.25) is 0 Å². The van der Waals surface area contributed by atoms with E-state index in [4.69, 9.17) is 10.4 Å². The van der Waals surface area contributed by atoms with Crippen LogP contribution < -0.4 is 5.32 Å². The van der Waals surface area contributed by atoms with E-state index < -0.39 is 12.5 Å². The van der Waals surface area contributed by atoms with E-state index in [2.05, 4.69) is 10.3 Å². The predicted octanol–water partition coefficient (Wildman–Crippen LogP) is 1.30. The van der Waals surface area contributed by atoms with Crippen LogP contribution in [0.5, 0.6) is 0 Å². The maximum Gasteiger partial charge on any atom is 0.265 e. The monoisotopic (exact) mass is 227 g/mol. The van der Waals surface area contributed by atoms with E-state index in [1.54, 1.807) is 13.0 Å². The summed E-state index contributed by atoms with van der Waals surface area (Å²) in [6.07, 6.45) is -3.12. The lowest BCUT2D eigenvalue weighted by atomic mass is 10.1. The summed E-state index contributed by atoms with van der Waals surface area (Å²) in [6.45, 7) is 1.37. The number of halogens is 2. The van der Waals surface area contributed by atoms with E-state index in [0.29, 0.717) is 11.1 Å². The molecule has 6 heteroatoms. The summed E-state index contributed by atoms with van der Waals surface area (Å²) in [5, 5.41) is 20.3. The molecule has 0 radical (unpaired) electrons. The van der Waals surface area contributed by atoms with Crippen LogP contribution in [0, 0.1) is 18.3 Å². The average molecular weight is 227 g/mol. The summed E-state index contributed by atoms with van der Waals surface area (Å²) in [5.41, 5.74) is 0.996. The molecule has 4 nitrogen and oxygen atoms in total. The van der Waals surface area contributed by atoms with Crippen molar-refractivity contribution in [1.82, 2.24) is 4.98 Å². The van der Waals surface area contributed by atoms with Crippen molar-refractivity contribution in [2.75, 3.05) is 11.9 Å². The van der Waals surface area contributed by atoms with Gasteiger partial charge in [-0.05, 0) is 18.6 Å². The van der Waals surface area contributed by atoms with Crippen molar-refractivity contribution in [2.45, 2.75) is 19.5 Å². The normalized spacial score (nSPS) is 12.2. The second-order valence-electron chi connectivity index (χ2n) is 3.25. The van der Waals surface area contributed by atoms with E-state index in [1.807, 2.05) is 6.07 Å². The number of rotatable bonds is 4. The Kier molecular flexibility index (Phi) is 4.14. The fourth-order valence-corrected chi connectivity index (χ4v) is 1.12. The molecule has 0 aliphatic heterocycles. The number of aryl methyl sites for hydroxylation is 1. The van der Waals surface area contributed by atoms with Gasteiger partial charge in [0.05, 0.1) is 5.56 Å². The molecule has 1 rings (SSSR count). The highest BCUT2D eigenvalue weighted by molar-refractivity contribution is 5.55. The minimum absolute atomic E-state index is 0.210. The number of anilines is 1. The highest BCUT2D eigenvalue weighted by Gasteiger charge is 2.17. The summed E-state index contributed by atoms with van der Waals surface area (Å²) >= 11 is 0. The number of nitriles is 1. The zero-order valence-electron chi connectivity index (χ0n) is 8.61.